The molecule has 2 rings (SSSR count). The van der Waals surface area contributed by atoms with Gasteiger partial charge in [-0.25, -0.2) is 0 Å². The van der Waals surface area contributed by atoms with Crippen LogP contribution in [0.15, 0.2) is 18.2 Å². The summed E-state index contributed by atoms with van der Waals surface area (Å²) in [6.45, 7) is 2.79. The van der Waals surface area contributed by atoms with E-state index in [0.717, 1.165) is 6.42 Å². The summed E-state index contributed by atoms with van der Waals surface area (Å²) in [5.74, 6) is 1.28. The quantitative estimate of drug-likeness (QED) is 0.639. The van der Waals surface area contributed by atoms with Gasteiger partial charge in [-0.05, 0) is 19.1 Å². The molecule has 0 saturated carbocycles. The van der Waals surface area contributed by atoms with Crippen molar-refractivity contribution in [1.82, 2.24) is 0 Å². The molecule has 0 saturated heterocycles. The highest BCUT2D eigenvalue weighted by atomic mass is 16.5. The summed E-state index contributed by atoms with van der Waals surface area (Å²) in [7, 11) is 0. The van der Waals surface area contributed by atoms with E-state index in [4.69, 9.17) is 9.47 Å². The van der Waals surface area contributed by atoms with Crippen molar-refractivity contribution in [1.29, 1.82) is 0 Å². The van der Waals surface area contributed by atoms with Crippen LogP contribution in [-0.2, 0) is 0 Å². The molecule has 0 bridgehead atoms. The van der Waals surface area contributed by atoms with Crippen LogP contribution in [-0.4, -0.2) is 19.0 Å². The number of ether oxygens (including phenoxy) is 2. The Kier molecular flexibility index (Phi) is 2.39. The van der Waals surface area contributed by atoms with Crippen molar-refractivity contribution in [3.63, 3.8) is 0 Å². The van der Waals surface area contributed by atoms with Crippen LogP contribution in [0.1, 0.15) is 23.7 Å². The first-order chi connectivity index (χ1) is 6.79. The second-order valence-electron chi connectivity index (χ2n) is 3.24. The number of Topliss-reactive ketones (excluding diaryl/α,β-unsaturated/α-hetero) is 1. The zero-order valence-corrected chi connectivity index (χ0v) is 8.08. The summed E-state index contributed by atoms with van der Waals surface area (Å²) < 4.78 is 11.0. The maximum Gasteiger partial charge on any atom is 0.171 e. The van der Waals surface area contributed by atoms with Crippen molar-refractivity contribution in [2.24, 2.45) is 0 Å². The third-order valence-electron chi connectivity index (χ3n) is 2.15. The van der Waals surface area contributed by atoms with E-state index in [9.17, 15) is 4.79 Å². The van der Waals surface area contributed by atoms with Gasteiger partial charge in [-0.3, -0.25) is 4.79 Å². The Morgan fingerprint density at radius 1 is 1.29 bits per heavy atom. The van der Waals surface area contributed by atoms with Crippen molar-refractivity contribution in [3.05, 3.63) is 23.8 Å². The minimum absolute atomic E-state index is 0.00681. The van der Waals surface area contributed by atoms with E-state index in [0.29, 0.717) is 30.3 Å². The molecule has 1 aromatic carbocycles. The lowest BCUT2D eigenvalue weighted by Crippen LogP contribution is -2.00. The molecule has 1 aliphatic rings. The molecule has 1 aliphatic heterocycles. The molecule has 0 aromatic heterocycles. The second-order valence-corrected chi connectivity index (χ2v) is 3.24. The third kappa shape index (κ3) is 1.58. The Morgan fingerprint density at radius 3 is 2.86 bits per heavy atom. The second kappa shape index (κ2) is 3.70. The van der Waals surface area contributed by atoms with Crippen LogP contribution in [0.25, 0.3) is 0 Å². The number of hydrogen-bond acceptors (Lipinski definition) is 3. The predicted octanol–water partition coefficient (Wildman–Crippen LogP) is 2.05. The van der Waals surface area contributed by atoms with Crippen LogP contribution in [0.5, 0.6) is 11.5 Å². The fourth-order valence-corrected chi connectivity index (χ4v) is 1.47. The van der Waals surface area contributed by atoms with Gasteiger partial charge in [0.2, 0.25) is 0 Å². The maximum atomic E-state index is 11.3. The first-order valence-electron chi connectivity index (χ1n) is 4.68. The SMILES string of the molecule is CC(=O)c1cccc2c1OCCCO2. The minimum atomic E-state index is 0.00681. The Morgan fingerprint density at radius 2 is 2.07 bits per heavy atom. The number of fused-ring (bicyclic) bond motifs is 1. The van der Waals surface area contributed by atoms with Gasteiger partial charge in [0, 0.05) is 6.42 Å². The van der Waals surface area contributed by atoms with E-state index in [1.807, 2.05) is 12.1 Å². The smallest absolute Gasteiger partial charge is 0.171 e. The zero-order valence-electron chi connectivity index (χ0n) is 8.08. The van der Waals surface area contributed by atoms with Gasteiger partial charge >= 0.3 is 0 Å². The lowest BCUT2D eigenvalue weighted by molar-refractivity contribution is 0.101. The van der Waals surface area contributed by atoms with Gasteiger partial charge in [-0.1, -0.05) is 6.07 Å². The summed E-state index contributed by atoms with van der Waals surface area (Å²) in [5, 5.41) is 0. The summed E-state index contributed by atoms with van der Waals surface area (Å²) in [6, 6.07) is 5.40. The number of hydrogen-bond donors (Lipinski definition) is 0. The lowest BCUT2D eigenvalue weighted by Gasteiger charge is -2.09. The first kappa shape index (κ1) is 9.06. The molecule has 0 aliphatic carbocycles. The van der Waals surface area contributed by atoms with E-state index < -0.39 is 0 Å². The molecule has 0 unspecified atom stereocenters. The zero-order chi connectivity index (χ0) is 9.97. The fourth-order valence-electron chi connectivity index (χ4n) is 1.47. The van der Waals surface area contributed by atoms with Crippen molar-refractivity contribution in [2.45, 2.75) is 13.3 Å². The van der Waals surface area contributed by atoms with E-state index in [2.05, 4.69) is 0 Å². The number of benzene rings is 1. The first-order valence-corrected chi connectivity index (χ1v) is 4.68. The fraction of sp³-hybridized carbons (Fsp3) is 0.364. The molecule has 0 radical (unpaired) electrons. The minimum Gasteiger partial charge on any atom is -0.490 e. The summed E-state index contributed by atoms with van der Waals surface area (Å²) in [5.41, 5.74) is 0.601. The summed E-state index contributed by atoms with van der Waals surface area (Å²) in [6.07, 6.45) is 0.853. The van der Waals surface area contributed by atoms with Crippen molar-refractivity contribution in [3.8, 4) is 11.5 Å². The molecule has 1 heterocycles. The monoisotopic (exact) mass is 192 g/mol. The van der Waals surface area contributed by atoms with Gasteiger partial charge in [0.15, 0.2) is 17.3 Å². The molecule has 0 amide bonds. The topological polar surface area (TPSA) is 35.5 Å². The van der Waals surface area contributed by atoms with Crippen molar-refractivity contribution in [2.75, 3.05) is 13.2 Å². The van der Waals surface area contributed by atoms with Gasteiger partial charge in [-0.15, -0.1) is 0 Å². The molecule has 0 spiro atoms. The number of carbonyl (C=O) groups excluding carboxylic acids is 1. The molecule has 74 valence electrons. The molecule has 0 N–H and O–H groups in total. The Bertz CT molecular complexity index is 358. The Balaban J connectivity index is 2.47. The largest absolute Gasteiger partial charge is 0.490 e. The highest BCUT2D eigenvalue weighted by Gasteiger charge is 2.16. The van der Waals surface area contributed by atoms with E-state index in [1.54, 1.807) is 6.07 Å². The third-order valence-corrected chi connectivity index (χ3v) is 2.15. The molecular weight excluding hydrogens is 180 g/mol. The molecule has 14 heavy (non-hydrogen) atoms. The predicted molar refractivity (Wildman–Crippen MR) is 52.1 cm³/mol. The van der Waals surface area contributed by atoms with Crippen LogP contribution in [0.4, 0.5) is 0 Å². The van der Waals surface area contributed by atoms with E-state index >= 15 is 0 Å². The van der Waals surface area contributed by atoms with E-state index in [1.165, 1.54) is 6.92 Å². The molecule has 3 heteroatoms. The number of carbonyl (C=O) groups is 1. The maximum absolute atomic E-state index is 11.3. The summed E-state index contributed by atoms with van der Waals surface area (Å²) >= 11 is 0. The Labute approximate surface area is 82.6 Å². The average molecular weight is 192 g/mol. The normalized spacial score (nSPS) is 14.6. The highest BCUT2D eigenvalue weighted by Crippen LogP contribution is 2.33. The standard InChI is InChI=1S/C11H12O3/c1-8(12)9-4-2-5-10-11(9)14-7-3-6-13-10/h2,4-5H,3,6-7H2,1H3. The lowest BCUT2D eigenvalue weighted by atomic mass is 10.1. The van der Waals surface area contributed by atoms with Crippen LogP contribution < -0.4 is 9.47 Å². The van der Waals surface area contributed by atoms with Gasteiger partial charge in [0.05, 0.1) is 18.8 Å². The van der Waals surface area contributed by atoms with Crippen LogP contribution >= 0.6 is 0 Å². The average Bonchev–Trinajstić information content (AvgIpc) is 2.41. The van der Waals surface area contributed by atoms with Gasteiger partial charge in [0.1, 0.15) is 0 Å². The molecular formula is C11H12O3. The van der Waals surface area contributed by atoms with E-state index in [-0.39, 0.29) is 5.78 Å². The Hall–Kier alpha value is -1.51. The van der Waals surface area contributed by atoms with Crippen LogP contribution in [0.3, 0.4) is 0 Å². The van der Waals surface area contributed by atoms with Gasteiger partial charge < -0.3 is 9.47 Å². The van der Waals surface area contributed by atoms with Crippen molar-refractivity contribution >= 4 is 5.78 Å². The van der Waals surface area contributed by atoms with Crippen LogP contribution in [0.2, 0.25) is 0 Å². The molecule has 3 nitrogen and oxygen atoms in total. The van der Waals surface area contributed by atoms with Gasteiger partial charge in [0.25, 0.3) is 0 Å². The van der Waals surface area contributed by atoms with Gasteiger partial charge in [-0.2, -0.15) is 0 Å². The van der Waals surface area contributed by atoms with Crippen LogP contribution in [0, 0.1) is 0 Å². The highest BCUT2D eigenvalue weighted by molar-refractivity contribution is 5.97. The van der Waals surface area contributed by atoms with Crippen molar-refractivity contribution < 1.29 is 14.3 Å². The molecule has 0 fully saturated rings. The molecule has 1 aromatic rings. The number of para-hydroxylation sites is 1. The number of rotatable bonds is 1. The molecule has 0 atom stereocenters. The number of ketones is 1. The summed E-state index contributed by atoms with van der Waals surface area (Å²) in [4.78, 5) is 11.3.